The van der Waals surface area contributed by atoms with Gasteiger partial charge in [0.05, 0.1) is 45.7 Å². The van der Waals surface area contributed by atoms with Gasteiger partial charge >= 0.3 is 0 Å². The summed E-state index contributed by atoms with van der Waals surface area (Å²) >= 11 is 1.44. The Morgan fingerprint density at radius 1 is 0.958 bits per heavy atom. The third-order valence-corrected chi connectivity index (χ3v) is 14.6. The number of aryl methyl sites for hydroxylation is 1. The summed E-state index contributed by atoms with van der Waals surface area (Å²) in [5.41, 5.74) is 4.24. The normalized spacial score (nSPS) is 18.9. The van der Waals surface area contributed by atoms with Crippen molar-refractivity contribution in [2.24, 2.45) is 11.3 Å². The maximum Gasteiger partial charge on any atom is 0.258 e. The first-order valence-corrected chi connectivity index (χ1v) is 25.3. The lowest BCUT2D eigenvalue weighted by Gasteiger charge is -2.35. The van der Waals surface area contributed by atoms with Gasteiger partial charge < -0.3 is 46.3 Å². The minimum Gasteiger partial charge on any atom is -0.483 e. The number of thiazole rings is 1. The van der Waals surface area contributed by atoms with Gasteiger partial charge in [-0.1, -0.05) is 32.9 Å². The maximum absolute atomic E-state index is 14.4. The number of rotatable bonds is 19. The highest BCUT2D eigenvalue weighted by atomic mass is 32.1. The molecule has 0 radical (unpaired) electrons. The van der Waals surface area contributed by atoms with Crippen LogP contribution in [0.15, 0.2) is 66.2 Å². The van der Waals surface area contributed by atoms with Gasteiger partial charge in [-0.15, -0.1) is 11.3 Å². The van der Waals surface area contributed by atoms with Crippen molar-refractivity contribution < 1.29 is 43.0 Å². The second-order valence-electron chi connectivity index (χ2n) is 20.1. The average molecular weight is 1010 g/mol. The highest BCUT2D eigenvalue weighted by Gasteiger charge is 2.51. The van der Waals surface area contributed by atoms with E-state index >= 15 is 0 Å². The molecule has 382 valence electrons. The number of aromatic amines is 1. The van der Waals surface area contributed by atoms with Crippen molar-refractivity contribution in [3.05, 3.63) is 94.4 Å². The lowest BCUT2D eigenvalue weighted by molar-refractivity contribution is -0.145. The van der Waals surface area contributed by atoms with Gasteiger partial charge in [0.15, 0.2) is 12.3 Å². The Balaban J connectivity index is 0.814. The fourth-order valence-corrected chi connectivity index (χ4v) is 9.90. The molecule has 3 aromatic carbocycles. The van der Waals surface area contributed by atoms with E-state index in [0.717, 1.165) is 46.1 Å². The van der Waals surface area contributed by atoms with Gasteiger partial charge in [0, 0.05) is 67.6 Å². The Labute approximate surface area is 421 Å². The van der Waals surface area contributed by atoms with Crippen LogP contribution in [0.25, 0.3) is 21.5 Å². The third kappa shape index (κ3) is 12.5. The first-order valence-electron chi connectivity index (χ1n) is 24.4. The molecule has 1 aliphatic carbocycles. The number of hydrogen-bond donors (Lipinski definition) is 7. The molecule has 1 saturated carbocycles. The van der Waals surface area contributed by atoms with Crippen molar-refractivity contribution in [2.75, 3.05) is 44.6 Å². The standard InChI is InChI=1S/C52H63FN10O8S/c1-30-7-6-20-62(30)27-43-60-39-15-14-36(22-40(39)61-43)59-47(67)33-10-8-32(9-11-33)46(66)55-19-18-54-44(65)28-71-42-21-34(45-31(2)58-29-72-45)12-13-35(42)24-56-48(68)41-23-37(64)26-63(41)49(69)38(51(3,4)5)25-57-50(70)52(53)16-17-52/h8-15,21-22,29-30,37-38,41,64H,6-7,16-20,23-28H2,1-5H3,(H,54,65)(H,55,66)(H,56,68)(H,57,70)(H,59,67)(H,60,61)/t30-,37?,38?,41-/m0/s1. The average Bonchev–Trinajstić information content (AvgIpc) is 3.74. The van der Waals surface area contributed by atoms with Gasteiger partial charge in [-0.2, -0.15) is 0 Å². The van der Waals surface area contributed by atoms with Gasteiger partial charge in [0.2, 0.25) is 11.8 Å². The number of nitrogens with zero attached hydrogens (tertiary/aromatic N) is 4. The van der Waals surface area contributed by atoms with Gasteiger partial charge in [-0.3, -0.25) is 33.7 Å². The summed E-state index contributed by atoms with van der Waals surface area (Å²) < 4.78 is 20.5. The molecule has 8 rings (SSSR count). The monoisotopic (exact) mass is 1010 g/mol. The number of benzene rings is 3. The number of fused-ring (bicyclic) bond motifs is 1. The summed E-state index contributed by atoms with van der Waals surface area (Å²) in [5, 5.41) is 24.5. The highest BCUT2D eigenvalue weighted by Crippen LogP contribution is 2.40. The van der Waals surface area contributed by atoms with E-state index in [-0.39, 0.29) is 70.4 Å². The van der Waals surface area contributed by atoms with Crippen LogP contribution in [-0.4, -0.2) is 128 Å². The molecule has 3 aliphatic rings. The summed E-state index contributed by atoms with van der Waals surface area (Å²) in [7, 11) is 0. The van der Waals surface area contributed by atoms with E-state index in [1.54, 1.807) is 41.9 Å². The minimum atomic E-state index is -1.90. The molecule has 4 heterocycles. The molecular weight excluding hydrogens is 944 g/mol. The predicted molar refractivity (Wildman–Crippen MR) is 270 cm³/mol. The molecule has 72 heavy (non-hydrogen) atoms. The number of alkyl halides is 1. The summed E-state index contributed by atoms with van der Waals surface area (Å²) in [6.07, 6.45) is 1.68. The number of carbonyl (C=O) groups excluding carboxylic acids is 6. The zero-order valence-electron chi connectivity index (χ0n) is 41.2. The molecule has 0 spiro atoms. The fraction of sp³-hybridized carbons (Fsp3) is 0.462. The first kappa shape index (κ1) is 51.6. The number of aromatic nitrogens is 3. The molecule has 4 atom stereocenters. The molecule has 2 unspecified atom stereocenters. The Morgan fingerprint density at radius 3 is 2.38 bits per heavy atom. The maximum atomic E-state index is 14.4. The molecule has 2 aromatic heterocycles. The van der Waals surface area contributed by atoms with Crippen LogP contribution < -0.4 is 31.3 Å². The number of hydrogen-bond acceptors (Lipinski definition) is 12. The van der Waals surface area contributed by atoms with Crippen LogP contribution in [0, 0.1) is 18.3 Å². The molecular formula is C52H63FN10O8S. The number of anilines is 1. The molecule has 7 N–H and O–H groups in total. The number of amides is 6. The predicted octanol–water partition coefficient (Wildman–Crippen LogP) is 5.02. The quantitative estimate of drug-likeness (QED) is 0.0543. The first-order chi connectivity index (χ1) is 34.3. The molecule has 18 nitrogen and oxygen atoms in total. The van der Waals surface area contributed by atoms with Crippen LogP contribution in [-0.2, 0) is 32.3 Å². The molecule has 3 fully saturated rings. The smallest absolute Gasteiger partial charge is 0.258 e. The number of β-amino-alcohol motifs (C(OH)–C–C–N with tert-alkyl or cyclic N) is 1. The topological polar surface area (TPSA) is 240 Å². The fourth-order valence-electron chi connectivity index (χ4n) is 9.10. The van der Waals surface area contributed by atoms with E-state index in [1.165, 1.54) is 29.1 Å². The van der Waals surface area contributed by atoms with Crippen molar-refractivity contribution in [3.63, 3.8) is 0 Å². The number of halogens is 1. The Morgan fingerprint density at radius 2 is 1.69 bits per heavy atom. The van der Waals surface area contributed by atoms with Gasteiger partial charge in [-0.05, 0) is 106 Å². The highest BCUT2D eigenvalue weighted by molar-refractivity contribution is 7.13. The third-order valence-electron chi connectivity index (χ3n) is 13.6. The van der Waals surface area contributed by atoms with E-state index in [1.807, 2.05) is 52.0 Å². The van der Waals surface area contributed by atoms with Crippen molar-refractivity contribution in [3.8, 4) is 16.2 Å². The van der Waals surface area contributed by atoms with Crippen LogP contribution >= 0.6 is 11.3 Å². The SMILES string of the molecule is Cc1ncsc1-c1ccc(CNC(=O)[C@@H]2CC(O)CN2C(=O)C(CNC(=O)C2(F)CC2)C(C)(C)C)c(OCC(=O)NCCNC(=O)c2ccc(C(=O)Nc3ccc4[nH]c(CN5CCC[C@@H]5C)nc4c3)cc2)c1. The van der Waals surface area contributed by atoms with E-state index in [0.29, 0.717) is 34.2 Å². The Kier molecular flexibility index (Phi) is 15.7. The van der Waals surface area contributed by atoms with Crippen LogP contribution in [0.5, 0.6) is 5.75 Å². The van der Waals surface area contributed by atoms with Crippen molar-refractivity contribution in [2.45, 2.75) is 104 Å². The Bertz CT molecular complexity index is 2820. The number of likely N-dealkylation sites (tertiary alicyclic amines) is 2. The number of H-pyrrole nitrogens is 1. The molecule has 2 aliphatic heterocycles. The summed E-state index contributed by atoms with van der Waals surface area (Å²) in [6.45, 7) is 11.0. The largest absolute Gasteiger partial charge is 0.483 e. The number of aliphatic hydroxyl groups excluding tert-OH is 1. The van der Waals surface area contributed by atoms with Crippen LogP contribution in [0.4, 0.5) is 10.1 Å². The molecule has 5 aromatic rings. The van der Waals surface area contributed by atoms with Gasteiger partial charge in [-0.25, -0.2) is 14.4 Å². The Hall–Kier alpha value is -6.77. The number of nitrogens with one attached hydrogen (secondary N) is 6. The second-order valence-corrected chi connectivity index (χ2v) is 21.0. The van der Waals surface area contributed by atoms with Gasteiger partial charge in [0.25, 0.3) is 23.6 Å². The van der Waals surface area contributed by atoms with Crippen LogP contribution in [0.3, 0.4) is 0 Å². The molecule has 0 bridgehead atoms. The summed E-state index contributed by atoms with van der Waals surface area (Å²) in [5.74, 6) is -2.48. The number of imidazole rings is 1. The number of aliphatic hydroxyl groups is 1. The lowest BCUT2D eigenvalue weighted by atomic mass is 9.79. The minimum absolute atomic E-state index is 0.00187. The van der Waals surface area contributed by atoms with E-state index in [2.05, 4.69) is 48.4 Å². The van der Waals surface area contributed by atoms with Crippen molar-refractivity contribution in [1.82, 2.24) is 46.0 Å². The zero-order chi connectivity index (χ0) is 51.3. The van der Waals surface area contributed by atoms with Crippen molar-refractivity contribution in [1.29, 1.82) is 0 Å². The molecule has 6 amide bonds. The van der Waals surface area contributed by atoms with E-state index in [4.69, 9.17) is 9.72 Å². The number of carbonyl (C=O) groups is 6. The molecule has 20 heteroatoms. The molecule has 2 saturated heterocycles. The van der Waals surface area contributed by atoms with Crippen LogP contribution in [0.2, 0.25) is 0 Å². The van der Waals surface area contributed by atoms with Crippen molar-refractivity contribution >= 4 is 63.5 Å². The van der Waals surface area contributed by atoms with Crippen LogP contribution in [0.1, 0.15) is 97.6 Å². The zero-order valence-corrected chi connectivity index (χ0v) is 42.0. The number of ether oxygens (including phenoxy) is 1. The van der Waals surface area contributed by atoms with E-state index < -0.39 is 52.8 Å². The van der Waals surface area contributed by atoms with Gasteiger partial charge in [0.1, 0.15) is 17.6 Å². The summed E-state index contributed by atoms with van der Waals surface area (Å²) in [4.78, 5) is 96.5. The second kappa shape index (κ2) is 21.9. The lowest BCUT2D eigenvalue weighted by Crippen LogP contribution is -2.52. The summed E-state index contributed by atoms with van der Waals surface area (Å²) in [6, 6.07) is 16.7. The van der Waals surface area contributed by atoms with E-state index in [9.17, 15) is 38.3 Å².